The van der Waals surface area contributed by atoms with Crippen LogP contribution in [0, 0.1) is 0 Å². The lowest BCUT2D eigenvalue weighted by Crippen LogP contribution is -2.46. The zero-order chi connectivity index (χ0) is 16.4. The number of carbonyl (C=O) groups excluding carboxylic acids is 2. The van der Waals surface area contributed by atoms with Crippen molar-refractivity contribution in [2.45, 2.75) is 32.4 Å². The van der Waals surface area contributed by atoms with E-state index in [0.29, 0.717) is 19.5 Å². The second-order valence-corrected chi connectivity index (χ2v) is 4.29. The third kappa shape index (κ3) is 9.35. The van der Waals surface area contributed by atoms with Crippen LogP contribution in [0.5, 0.6) is 0 Å². The van der Waals surface area contributed by atoms with Gasteiger partial charge in [-0.15, -0.1) is 0 Å². The molecule has 0 aliphatic rings. The summed E-state index contributed by atoms with van der Waals surface area (Å²) >= 11 is 0. The van der Waals surface area contributed by atoms with Crippen molar-refractivity contribution in [1.82, 2.24) is 21.3 Å². The topological polar surface area (TPSA) is 157 Å². The molecular formula is C11H20N4O6. The van der Waals surface area contributed by atoms with Gasteiger partial charge in [0.1, 0.15) is 0 Å². The molecule has 4 amide bonds. The van der Waals surface area contributed by atoms with Gasteiger partial charge in [0.2, 0.25) is 11.8 Å². The number of imide groups is 2. The van der Waals surface area contributed by atoms with Crippen LogP contribution < -0.4 is 21.3 Å². The van der Waals surface area contributed by atoms with Gasteiger partial charge in [0.15, 0.2) is 0 Å². The molecule has 21 heavy (non-hydrogen) atoms. The molecule has 10 nitrogen and oxygen atoms in total. The third-order valence-electron chi connectivity index (χ3n) is 2.50. The predicted octanol–water partition coefficient (Wildman–Crippen LogP) is -1.08. The molecule has 0 aromatic heterocycles. The molecule has 2 unspecified atom stereocenters. The van der Waals surface area contributed by atoms with Crippen molar-refractivity contribution >= 4 is 24.0 Å². The molecule has 6 N–H and O–H groups in total. The number of hydrogen-bond donors (Lipinski definition) is 6. The molecule has 0 aromatic carbocycles. The molecule has 120 valence electrons. The molecule has 0 fully saturated rings. The molecule has 0 radical (unpaired) electrons. The van der Waals surface area contributed by atoms with Crippen molar-refractivity contribution in [1.29, 1.82) is 0 Å². The first-order chi connectivity index (χ1) is 9.73. The maximum Gasteiger partial charge on any atom is 0.411 e. The van der Waals surface area contributed by atoms with Gasteiger partial charge in [-0.25, -0.2) is 9.59 Å². The Morgan fingerprint density at radius 2 is 1.14 bits per heavy atom. The van der Waals surface area contributed by atoms with Gasteiger partial charge in [0.05, 0.1) is 12.1 Å². The van der Waals surface area contributed by atoms with E-state index in [9.17, 15) is 19.2 Å². The van der Waals surface area contributed by atoms with Crippen LogP contribution in [0.15, 0.2) is 0 Å². The Morgan fingerprint density at radius 3 is 1.43 bits per heavy atom. The number of nitrogens with one attached hydrogen (secondary N) is 4. The third-order valence-corrected chi connectivity index (χ3v) is 2.50. The van der Waals surface area contributed by atoms with E-state index >= 15 is 0 Å². The lowest BCUT2D eigenvalue weighted by Gasteiger charge is -2.14. The maximum atomic E-state index is 11.2. The fraction of sp³-hybridized carbons (Fsp3) is 0.636. The molecule has 2 atom stereocenters. The monoisotopic (exact) mass is 304 g/mol. The smallest absolute Gasteiger partial charge is 0.411 e. The normalized spacial score (nSPS) is 13.0. The molecule has 0 bridgehead atoms. The predicted molar refractivity (Wildman–Crippen MR) is 71.9 cm³/mol. The van der Waals surface area contributed by atoms with Crippen molar-refractivity contribution < 1.29 is 29.4 Å². The van der Waals surface area contributed by atoms with Crippen molar-refractivity contribution in [2.75, 3.05) is 13.1 Å². The number of carbonyl (C=O) groups is 4. The van der Waals surface area contributed by atoms with E-state index in [2.05, 4.69) is 10.6 Å². The van der Waals surface area contributed by atoms with Crippen molar-refractivity contribution in [2.24, 2.45) is 0 Å². The van der Waals surface area contributed by atoms with Crippen molar-refractivity contribution in [3.8, 4) is 0 Å². The van der Waals surface area contributed by atoms with E-state index in [1.54, 1.807) is 10.6 Å². The molecule has 0 rings (SSSR count). The minimum absolute atomic E-state index is 0.425. The van der Waals surface area contributed by atoms with Crippen LogP contribution in [-0.4, -0.2) is 59.4 Å². The summed E-state index contributed by atoms with van der Waals surface area (Å²) in [6.45, 7) is 3.90. The Bertz CT molecular complexity index is 364. The lowest BCUT2D eigenvalue weighted by atomic mass is 10.2. The highest BCUT2D eigenvalue weighted by Gasteiger charge is 2.15. The summed E-state index contributed by atoms with van der Waals surface area (Å²) in [7, 11) is 0. The van der Waals surface area contributed by atoms with Gasteiger partial charge in [-0.1, -0.05) is 0 Å². The van der Waals surface area contributed by atoms with Gasteiger partial charge in [0, 0.05) is 0 Å². The summed E-state index contributed by atoms with van der Waals surface area (Å²) < 4.78 is 0. The molecule has 10 heteroatoms. The molecule has 0 heterocycles. The van der Waals surface area contributed by atoms with Crippen LogP contribution in [0.4, 0.5) is 9.59 Å². The maximum absolute atomic E-state index is 11.2. The summed E-state index contributed by atoms with van der Waals surface area (Å²) in [4.78, 5) is 43.0. The minimum atomic E-state index is -1.41. The summed E-state index contributed by atoms with van der Waals surface area (Å²) in [5, 5.41) is 25.8. The Balaban J connectivity index is 3.76. The highest BCUT2D eigenvalue weighted by atomic mass is 16.4. The van der Waals surface area contributed by atoms with Crippen LogP contribution in [0.3, 0.4) is 0 Å². The summed E-state index contributed by atoms with van der Waals surface area (Å²) in [6, 6.07) is -1.32. The first-order valence-electron chi connectivity index (χ1n) is 6.28. The highest BCUT2D eigenvalue weighted by molar-refractivity contribution is 5.94. The van der Waals surface area contributed by atoms with E-state index < -0.39 is 36.1 Å². The Hall–Kier alpha value is -2.20. The van der Waals surface area contributed by atoms with E-state index in [1.807, 2.05) is 0 Å². The van der Waals surface area contributed by atoms with Crippen LogP contribution >= 0.6 is 0 Å². The van der Waals surface area contributed by atoms with Crippen LogP contribution in [0.2, 0.25) is 0 Å². The largest absolute Gasteiger partial charge is 0.465 e. The van der Waals surface area contributed by atoms with E-state index in [0.717, 1.165) is 0 Å². The molecule has 0 aromatic rings. The molecule has 0 saturated carbocycles. The fourth-order valence-electron chi connectivity index (χ4n) is 1.34. The standard InChI is InChI=1S/C11H20N4O6/c1-6(8(16)14-10(18)19)12-4-3-5-13-7(2)9(17)15-11(20)21/h6-7,12-13H,3-5H2,1-2H3,(H,14,16)(H,15,17)(H,18,19)(H,20,21). The lowest BCUT2D eigenvalue weighted by molar-refractivity contribution is -0.122. The number of amides is 4. The Kier molecular flexibility index (Phi) is 8.65. The molecule has 0 aliphatic carbocycles. The minimum Gasteiger partial charge on any atom is -0.465 e. The molecule has 0 aliphatic heterocycles. The SMILES string of the molecule is CC(NCCCNC(C)C(=O)NC(=O)O)C(=O)NC(=O)O. The summed E-state index contributed by atoms with van der Waals surface area (Å²) in [5.41, 5.74) is 0. The first-order valence-corrected chi connectivity index (χ1v) is 6.28. The van der Waals surface area contributed by atoms with E-state index in [1.165, 1.54) is 13.8 Å². The fourth-order valence-corrected chi connectivity index (χ4v) is 1.34. The zero-order valence-corrected chi connectivity index (χ0v) is 11.8. The average molecular weight is 304 g/mol. The van der Waals surface area contributed by atoms with E-state index in [-0.39, 0.29) is 0 Å². The molecule has 0 saturated heterocycles. The quantitative estimate of drug-likeness (QED) is 0.309. The number of carboxylic acid groups (broad SMARTS) is 2. The van der Waals surface area contributed by atoms with Crippen molar-refractivity contribution in [3.63, 3.8) is 0 Å². The van der Waals surface area contributed by atoms with Gasteiger partial charge >= 0.3 is 12.2 Å². The van der Waals surface area contributed by atoms with Gasteiger partial charge in [-0.05, 0) is 33.4 Å². The summed E-state index contributed by atoms with van der Waals surface area (Å²) in [5.74, 6) is -1.30. The van der Waals surface area contributed by atoms with Gasteiger partial charge in [-0.2, -0.15) is 0 Å². The average Bonchev–Trinajstić information content (AvgIpc) is 2.36. The second kappa shape index (κ2) is 9.66. The molecular weight excluding hydrogens is 284 g/mol. The van der Waals surface area contributed by atoms with Crippen molar-refractivity contribution in [3.05, 3.63) is 0 Å². The van der Waals surface area contributed by atoms with Crippen LogP contribution in [-0.2, 0) is 9.59 Å². The number of hydrogen-bond acceptors (Lipinski definition) is 6. The van der Waals surface area contributed by atoms with Crippen LogP contribution in [0.25, 0.3) is 0 Å². The molecule has 0 spiro atoms. The van der Waals surface area contributed by atoms with E-state index in [4.69, 9.17) is 10.2 Å². The van der Waals surface area contributed by atoms with Gasteiger partial charge < -0.3 is 20.8 Å². The zero-order valence-electron chi connectivity index (χ0n) is 11.8. The van der Waals surface area contributed by atoms with Crippen LogP contribution in [0.1, 0.15) is 20.3 Å². The van der Waals surface area contributed by atoms with Gasteiger partial charge in [-0.3, -0.25) is 20.2 Å². The first kappa shape index (κ1) is 18.8. The highest BCUT2D eigenvalue weighted by Crippen LogP contribution is 1.86. The Morgan fingerprint density at radius 1 is 0.810 bits per heavy atom. The van der Waals surface area contributed by atoms with Gasteiger partial charge in [0.25, 0.3) is 0 Å². The Labute approximate surface area is 121 Å². The second-order valence-electron chi connectivity index (χ2n) is 4.29. The summed E-state index contributed by atoms with van der Waals surface area (Å²) in [6.07, 6.45) is -2.25. The number of rotatable bonds is 8.